The molecule has 2 aromatic carbocycles. The fourth-order valence-corrected chi connectivity index (χ4v) is 6.85. The molecule has 8 nitrogen and oxygen atoms in total. The molecule has 1 aliphatic heterocycles. The molecule has 0 bridgehead atoms. The zero-order valence-electron chi connectivity index (χ0n) is 19.7. The molecule has 2 atom stereocenters. The minimum atomic E-state index is -3.67. The van der Waals surface area contributed by atoms with Crippen LogP contribution in [0.5, 0.6) is 5.75 Å². The zero-order valence-corrected chi connectivity index (χ0v) is 21.4. The third-order valence-electron chi connectivity index (χ3n) is 5.60. The molecule has 2 heterocycles. The highest BCUT2D eigenvalue weighted by atomic mass is 32.2. The van der Waals surface area contributed by atoms with Crippen LogP contribution in [0, 0.1) is 0 Å². The summed E-state index contributed by atoms with van der Waals surface area (Å²) in [6.07, 6.45) is -0.346. The third kappa shape index (κ3) is 4.81. The molecule has 0 unspecified atom stereocenters. The minimum absolute atomic E-state index is 0.150. The number of nitrogens with zero attached hydrogens (tertiary/aromatic N) is 3. The Hall–Kier alpha value is -2.53. The van der Waals surface area contributed by atoms with Crippen LogP contribution < -0.4 is 9.54 Å². The summed E-state index contributed by atoms with van der Waals surface area (Å²) in [5, 5.41) is 0. The number of para-hydroxylation sites is 1. The number of hydrogen-bond acceptors (Lipinski definition) is 6. The fraction of sp³-hybridized carbons (Fsp3) is 0.417. The lowest BCUT2D eigenvalue weighted by molar-refractivity contribution is -0.0440. The van der Waals surface area contributed by atoms with E-state index in [1.807, 2.05) is 50.5 Å². The molecular weight excluding hydrogens is 474 g/mol. The van der Waals surface area contributed by atoms with Crippen LogP contribution in [0.15, 0.2) is 52.4 Å². The molecule has 1 fully saturated rings. The maximum Gasteiger partial charge on any atom is 0.279 e. The number of ether oxygens (including phenoxy) is 2. The van der Waals surface area contributed by atoms with Gasteiger partial charge in [0.2, 0.25) is 10.0 Å². The number of aryl methyl sites for hydroxylation is 1. The van der Waals surface area contributed by atoms with Crippen molar-refractivity contribution >= 4 is 37.5 Å². The van der Waals surface area contributed by atoms with Crippen molar-refractivity contribution < 1.29 is 22.7 Å². The first-order chi connectivity index (χ1) is 16.2. The second kappa shape index (κ2) is 9.99. The molecule has 1 aliphatic rings. The lowest BCUT2D eigenvalue weighted by atomic mass is 10.2. The molecule has 0 saturated carbocycles. The standard InChI is InChI=1S/C24H29N3O5S2/c1-5-27-22-20(31-6-2)8-7-9-21(22)33-24(27)25-23(28)18-10-12-19(13-11-18)34(29,30)26-14-16(3)32-17(4)15-26/h7-13,16-17H,5-6,14-15H2,1-4H3/t16-,17-/m0/s1. The molecule has 4 rings (SSSR count). The summed E-state index contributed by atoms with van der Waals surface area (Å²) in [7, 11) is -3.67. The summed E-state index contributed by atoms with van der Waals surface area (Å²) in [5.74, 6) is 0.331. The SMILES string of the molecule is CCOc1cccc2sc(=NC(=O)c3ccc(S(=O)(=O)N4C[C@H](C)O[C@@H](C)C4)cc3)n(CC)c12. The van der Waals surface area contributed by atoms with Gasteiger partial charge in [0.15, 0.2) is 4.80 Å². The average molecular weight is 504 g/mol. The van der Waals surface area contributed by atoms with Gasteiger partial charge in [-0.15, -0.1) is 0 Å². The summed E-state index contributed by atoms with van der Waals surface area (Å²) in [6, 6.07) is 11.8. The molecule has 34 heavy (non-hydrogen) atoms. The predicted molar refractivity (Wildman–Crippen MR) is 132 cm³/mol. The van der Waals surface area contributed by atoms with Crippen LogP contribution in [0.1, 0.15) is 38.1 Å². The molecule has 1 aromatic heterocycles. The Morgan fingerprint density at radius 3 is 2.41 bits per heavy atom. The fourth-order valence-electron chi connectivity index (χ4n) is 4.15. The topological polar surface area (TPSA) is 90.2 Å². The molecule has 10 heteroatoms. The summed E-state index contributed by atoms with van der Waals surface area (Å²) < 4.78 is 41.9. The first-order valence-electron chi connectivity index (χ1n) is 11.3. The molecule has 0 spiro atoms. The molecule has 0 N–H and O–H groups in total. The number of carbonyl (C=O) groups excluding carboxylic acids is 1. The van der Waals surface area contributed by atoms with Crippen molar-refractivity contribution in [2.45, 2.75) is 51.3 Å². The minimum Gasteiger partial charge on any atom is -0.492 e. The number of fused-ring (bicyclic) bond motifs is 1. The van der Waals surface area contributed by atoms with Crippen LogP contribution in [0.25, 0.3) is 10.2 Å². The molecule has 1 saturated heterocycles. The summed E-state index contributed by atoms with van der Waals surface area (Å²) in [4.78, 5) is 18.0. The summed E-state index contributed by atoms with van der Waals surface area (Å²) in [6.45, 7) is 9.41. The largest absolute Gasteiger partial charge is 0.492 e. The molecule has 0 aliphatic carbocycles. The van der Waals surface area contributed by atoms with E-state index in [9.17, 15) is 13.2 Å². The second-order valence-electron chi connectivity index (χ2n) is 8.19. The summed E-state index contributed by atoms with van der Waals surface area (Å²) >= 11 is 1.42. The van der Waals surface area contributed by atoms with Crippen molar-refractivity contribution in [1.29, 1.82) is 0 Å². The Balaban J connectivity index is 1.64. The normalized spacial score (nSPS) is 20.1. The summed E-state index contributed by atoms with van der Waals surface area (Å²) in [5.41, 5.74) is 1.24. The van der Waals surface area contributed by atoms with E-state index in [-0.39, 0.29) is 17.1 Å². The molecular formula is C24H29N3O5S2. The van der Waals surface area contributed by atoms with Crippen LogP contribution in [-0.2, 0) is 21.3 Å². The number of aromatic nitrogens is 1. The van der Waals surface area contributed by atoms with E-state index in [0.717, 1.165) is 16.0 Å². The molecule has 3 aromatic rings. The van der Waals surface area contributed by atoms with E-state index < -0.39 is 15.9 Å². The van der Waals surface area contributed by atoms with Gasteiger partial charge in [0.25, 0.3) is 5.91 Å². The quantitative estimate of drug-likeness (QED) is 0.512. The Bertz CT molecular complexity index is 1350. The van der Waals surface area contributed by atoms with E-state index >= 15 is 0 Å². The van der Waals surface area contributed by atoms with Gasteiger partial charge in [-0.1, -0.05) is 17.4 Å². The maximum absolute atomic E-state index is 13.1. The van der Waals surface area contributed by atoms with Gasteiger partial charge in [-0.25, -0.2) is 8.42 Å². The zero-order chi connectivity index (χ0) is 24.5. The highest BCUT2D eigenvalue weighted by Crippen LogP contribution is 2.28. The lowest BCUT2D eigenvalue weighted by Crippen LogP contribution is -2.48. The van der Waals surface area contributed by atoms with Crippen LogP contribution in [0.4, 0.5) is 0 Å². The maximum atomic E-state index is 13.1. The van der Waals surface area contributed by atoms with Gasteiger partial charge in [-0.05, 0) is 64.1 Å². The van der Waals surface area contributed by atoms with E-state index in [1.165, 1.54) is 39.9 Å². The van der Waals surface area contributed by atoms with Crippen molar-refractivity contribution in [1.82, 2.24) is 8.87 Å². The van der Waals surface area contributed by atoms with Crippen molar-refractivity contribution in [3.05, 3.63) is 52.8 Å². The highest BCUT2D eigenvalue weighted by Gasteiger charge is 2.32. The van der Waals surface area contributed by atoms with Crippen LogP contribution in [-0.4, -0.2) is 55.1 Å². The average Bonchev–Trinajstić information content (AvgIpc) is 3.16. The number of sulfonamides is 1. The van der Waals surface area contributed by atoms with Crippen molar-refractivity contribution in [3.8, 4) is 5.75 Å². The highest BCUT2D eigenvalue weighted by molar-refractivity contribution is 7.89. The number of benzene rings is 2. The monoisotopic (exact) mass is 503 g/mol. The molecule has 182 valence electrons. The number of hydrogen-bond donors (Lipinski definition) is 0. The first kappa shape index (κ1) is 24.6. The van der Waals surface area contributed by atoms with Gasteiger partial charge in [-0.2, -0.15) is 9.30 Å². The van der Waals surface area contributed by atoms with Gasteiger partial charge in [0, 0.05) is 25.2 Å². The van der Waals surface area contributed by atoms with Gasteiger partial charge >= 0.3 is 0 Å². The van der Waals surface area contributed by atoms with E-state index in [4.69, 9.17) is 9.47 Å². The van der Waals surface area contributed by atoms with Crippen LogP contribution >= 0.6 is 11.3 Å². The number of carbonyl (C=O) groups is 1. The second-order valence-corrected chi connectivity index (χ2v) is 11.1. The van der Waals surface area contributed by atoms with Crippen molar-refractivity contribution in [2.24, 2.45) is 4.99 Å². The van der Waals surface area contributed by atoms with Crippen LogP contribution in [0.2, 0.25) is 0 Å². The Morgan fingerprint density at radius 1 is 1.12 bits per heavy atom. The number of rotatable bonds is 6. The van der Waals surface area contributed by atoms with Crippen molar-refractivity contribution in [2.75, 3.05) is 19.7 Å². The van der Waals surface area contributed by atoms with E-state index in [0.29, 0.717) is 36.6 Å². The van der Waals surface area contributed by atoms with E-state index in [2.05, 4.69) is 4.99 Å². The number of morpholine rings is 1. The predicted octanol–water partition coefficient (Wildman–Crippen LogP) is 3.66. The van der Waals surface area contributed by atoms with Crippen molar-refractivity contribution in [3.63, 3.8) is 0 Å². The van der Waals surface area contributed by atoms with Gasteiger partial charge in [-0.3, -0.25) is 4.79 Å². The lowest BCUT2D eigenvalue weighted by Gasteiger charge is -2.34. The molecule has 0 radical (unpaired) electrons. The van der Waals surface area contributed by atoms with Gasteiger partial charge in [0.05, 0.1) is 28.4 Å². The smallest absolute Gasteiger partial charge is 0.279 e. The van der Waals surface area contributed by atoms with E-state index in [1.54, 1.807) is 0 Å². The third-order valence-corrected chi connectivity index (χ3v) is 8.49. The van der Waals surface area contributed by atoms with Gasteiger partial charge < -0.3 is 14.0 Å². The molecule has 1 amide bonds. The number of thiazole rings is 1. The Morgan fingerprint density at radius 2 is 1.79 bits per heavy atom. The van der Waals surface area contributed by atoms with Gasteiger partial charge in [0.1, 0.15) is 11.3 Å². The number of amides is 1. The van der Waals surface area contributed by atoms with Crippen LogP contribution in [0.3, 0.4) is 0 Å². The first-order valence-corrected chi connectivity index (χ1v) is 13.6. The Kier molecular flexibility index (Phi) is 7.22. The Labute approximate surface area is 203 Å².